The third kappa shape index (κ3) is 2.48. The lowest BCUT2D eigenvalue weighted by Gasteiger charge is -2.19. The molecule has 3 rings (SSSR count). The number of aromatic nitrogens is 1. The highest BCUT2D eigenvalue weighted by atomic mass is 16.7. The lowest BCUT2D eigenvalue weighted by atomic mass is 10.1. The molecule has 0 aliphatic carbocycles. The molecule has 0 spiro atoms. The molecule has 1 atom stereocenters. The minimum Gasteiger partial charge on any atom is -0.311 e. The van der Waals surface area contributed by atoms with E-state index in [1.54, 1.807) is 24.3 Å². The highest BCUT2D eigenvalue weighted by Gasteiger charge is 2.79. The van der Waals surface area contributed by atoms with Crippen molar-refractivity contribution in [3.63, 3.8) is 0 Å². The van der Waals surface area contributed by atoms with E-state index in [0.29, 0.717) is 10.8 Å². The molecule has 0 aliphatic rings. The second kappa shape index (κ2) is 6.53. The van der Waals surface area contributed by atoms with Gasteiger partial charge in [0.25, 0.3) is 0 Å². The van der Waals surface area contributed by atoms with Gasteiger partial charge in [0.05, 0.1) is 11.0 Å². The van der Waals surface area contributed by atoms with Crippen LogP contribution in [0.25, 0.3) is 21.8 Å². The van der Waals surface area contributed by atoms with Gasteiger partial charge >= 0.3 is 11.8 Å². The van der Waals surface area contributed by atoms with Crippen molar-refractivity contribution in [1.82, 2.24) is 4.57 Å². The van der Waals surface area contributed by atoms with Gasteiger partial charge in [0, 0.05) is 15.7 Å². The van der Waals surface area contributed by atoms with Crippen LogP contribution in [0.4, 0.5) is 0 Å². The van der Waals surface area contributed by atoms with Crippen molar-refractivity contribution in [2.24, 2.45) is 0 Å². The first kappa shape index (κ1) is 18.6. The van der Waals surface area contributed by atoms with Crippen LogP contribution in [0.1, 0.15) is 6.04 Å². The molecule has 1 aromatic heterocycles. The number of benzene rings is 2. The molecule has 28 heavy (non-hydrogen) atoms. The van der Waals surface area contributed by atoms with Crippen molar-refractivity contribution < 1.29 is 19.7 Å². The smallest absolute Gasteiger partial charge is 0.311 e. The maximum absolute atomic E-state index is 11.6. The van der Waals surface area contributed by atoms with Crippen molar-refractivity contribution in [3.8, 4) is 0 Å². The van der Waals surface area contributed by atoms with Gasteiger partial charge in [-0.3, -0.25) is 40.5 Å². The van der Waals surface area contributed by atoms with Gasteiger partial charge in [-0.2, -0.15) is 0 Å². The average molecular weight is 389 g/mol. The van der Waals surface area contributed by atoms with E-state index in [2.05, 4.69) is 0 Å². The van der Waals surface area contributed by atoms with E-state index >= 15 is 0 Å². The zero-order valence-electron chi connectivity index (χ0n) is 13.9. The first-order valence-electron chi connectivity index (χ1n) is 7.75. The van der Waals surface area contributed by atoms with Crippen LogP contribution in [0.15, 0.2) is 48.5 Å². The summed E-state index contributed by atoms with van der Waals surface area (Å²) in [5.41, 5.74) is 0.343. The minimum absolute atomic E-state index is 0.172. The topological polar surface area (TPSA) is 177 Å². The Balaban J connectivity index is 2.50. The number of nitrogens with zero attached hydrogens (tertiary/aromatic N) is 5. The molecule has 144 valence electrons. The first-order valence-corrected chi connectivity index (χ1v) is 7.75. The van der Waals surface area contributed by atoms with E-state index in [1.807, 2.05) is 0 Å². The molecule has 2 aromatic carbocycles. The molecule has 0 bridgehead atoms. The number of hydrogen-bond donors (Lipinski definition) is 0. The van der Waals surface area contributed by atoms with Crippen LogP contribution in [0, 0.1) is 40.5 Å². The van der Waals surface area contributed by atoms with Gasteiger partial charge in [-0.1, -0.05) is 36.4 Å². The fourth-order valence-electron chi connectivity index (χ4n) is 3.37. The summed E-state index contributed by atoms with van der Waals surface area (Å²) in [5, 5.41) is 47.0. The minimum atomic E-state index is -4.04. The molecule has 0 N–H and O–H groups in total. The Kier molecular flexibility index (Phi) is 4.34. The Morgan fingerprint density at radius 2 is 1.14 bits per heavy atom. The van der Waals surface area contributed by atoms with Crippen LogP contribution in [0.2, 0.25) is 0 Å². The summed E-state index contributed by atoms with van der Waals surface area (Å²) in [6.07, 6.45) is 0. The highest BCUT2D eigenvalue weighted by Crippen LogP contribution is 2.37. The van der Waals surface area contributed by atoms with Crippen molar-refractivity contribution in [2.75, 3.05) is 6.54 Å². The lowest BCUT2D eigenvalue weighted by Crippen LogP contribution is -2.60. The second-order valence-electron chi connectivity index (χ2n) is 5.89. The van der Waals surface area contributed by atoms with Crippen LogP contribution < -0.4 is 0 Å². The van der Waals surface area contributed by atoms with Crippen LogP contribution in [-0.4, -0.2) is 36.6 Å². The normalized spacial score (nSPS) is 12.7. The Hall–Kier alpha value is -4.16. The molecular weight excluding hydrogens is 378 g/mol. The van der Waals surface area contributed by atoms with Crippen LogP contribution in [-0.2, 0) is 0 Å². The van der Waals surface area contributed by atoms with Gasteiger partial charge in [0.2, 0.25) is 6.54 Å². The largest absolute Gasteiger partial charge is 0.727 e. The molecule has 0 fully saturated rings. The SMILES string of the molecule is O=[N+]([O-])CC(n1c2ccccc2c2ccccc21)C([N+](=O)[O-])([N+](=O)[O-])[N+](=O)[O-]. The Bertz CT molecular complexity index is 1050. The van der Waals surface area contributed by atoms with Gasteiger partial charge in [-0.25, -0.2) is 0 Å². The highest BCUT2D eigenvalue weighted by molar-refractivity contribution is 6.08. The van der Waals surface area contributed by atoms with Gasteiger partial charge in [0.15, 0.2) is 14.8 Å². The first-order chi connectivity index (χ1) is 13.2. The van der Waals surface area contributed by atoms with E-state index in [4.69, 9.17) is 0 Å². The summed E-state index contributed by atoms with van der Waals surface area (Å²) in [7, 11) is 0. The predicted molar refractivity (Wildman–Crippen MR) is 94.1 cm³/mol. The number of hydrogen-bond acceptors (Lipinski definition) is 8. The number of fused-ring (bicyclic) bond motifs is 3. The number of nitro groups is 4. The fourth-order valence-corrected chi connectivity index (χ4v) is 3.37. The zero-order chi connectivity index (χ0) is 20.6. The Labute approximate surface area is 154 Å². The fraction of sp³-hybridized carbons (Fsp3) is 0.200. The van der Waals surface area contributed by atoms with Gasteiger partial charge in [0.1, 0.15) is 0 Å². The van der Waals surface area contributed by atoms with E-state index in [-0.39, 0.29) is 11.0 Å². The molecule has 3 aromatic rings. The molecule has 0 radical (unpaired) electrons. The Morgan fingerprint density at radius 3 is 1.50 bits per heavy atom. The number of rotatable bonds is 7. The monoisotopic (exact) mass is 389 g/mol. The third-order valence-electron chi connectivity index (χ3n) is 4.50. The van der Waals surface area contributed by atoms with E-state index < -0.39 is 38.1 Å². The standard InChI is InChI=1S/C15H11N5O8/c21-16(22)9-14(15(18(23)24,19(25)26)20(27)28)17-12-7-3-1-5-10(12)11-6-2-4-8-13(11)17/h1-8,14H,9H2. The van der Waals surface area contributed by atoms with Crippen molar-refractivity contribution >= 4 is 21.8 Å². The molecule has 1 unspecified atom stereocenters. The lowest BCUT2D eigenvalue weighted by molar-refractivity contribution is -0.977. The van der Waals surface area contributed by atoms with Crippen LogP contribution in [0.5, 0.6) is 0 Å². The summed E-state index contributed by atoms with van der Waals surface area (Å²) >= 11 is 0. The molecule has 0 saturated heterocycles. The molecule has 13 heteroatoms. The van der Waals surface area contributed by atoms with Crippen molar-refractivity contribution in [1.29, 1.82) is 0 Å². The summed E-state index contributed by atoms with van der Waals surface area (Å²) in [4.78, 5) is 39.8. The summed E-state index contributed by atoms with van der Waals surface area (Å²) in [6, 6.07) is 10.1. The van der Waals surface area contributed by atoms with Gasteiger partial charge < -0.3 is 4.57 Å². The quantitative estimate of drug-likeness (QED) is 0.335. The predicted octanol–water partition coefficient (Wildman–Crippen LogP) is 2.10. The Morgan fingerprint density at radius 1 is 0.750 bits per heavy atom. The number of para-hydroxylation sites is 2. The third-order valence-corrected chi connectivity index (χ3v) is 4.50. The van der Waals surface area contributed by atoms with E-state index in [9.17, 15) is 40.5 Å². The van der Waals surface area contributed by atoms with Gasteiger partial charge in [-0.05, 0) is 12.1 Å². The van der Waals surface area contributed by atoms with Crippen molar-refractivity contribution in [2.45, 2.75) is 11.8 Å². The van der Waals surface area contributed by atoms with Crippen LogP contribution >= 0.6 is 0 Å². The second-order valence-corrected chi connectivity index (χ2v) is 5.89. The molecule has 1 heterocycles. The maximum atomic E-state index is 11.6. The summed E-state index contributed by atoms with van der Waals surface area (Å²) < 4.78 is 0.946. The van der Waals surface area contributed by atoms with E-state index in [0.717, 1.165) is 4.57 Å². The summed E-state index contributed by atoms with van der Waals surface area (Å²) in [6.45, 7) is -1.40. The van der Waals surface area contributed by atoms with Gasteiger partial charge in [-0.15, -0.1) is 0 Å². The van der Waals surface area contributed by atoms with Crippen LogP contribution in [0.3, 0.4) is 0 Å². The molecule has 13 nitrogen and oxygen atoms in total. The zero-order valence-corrected chi connectivity index (χ0v) is 13.9. The molecule has 0 aliphatic heterocycles. The summed E-state index contributed by atoms with van der Waals surface area (Å²) in [5.74, 6) is -4.04. The maximum Gasteiger partial charge on any atom is 0.727 e. The van der Waals surface area contributed by atoms with Crippen molar-refractivity contribution in [3.05, 3.63) is 89.0 Å². The molecule has 0 saturated carbocycles. The van der Waals surface area contributed by atoms with E-state index in [1.165, 1.54) is 24.3 Å². The average Bonchev–Trinajstić information content (AvgIpc) is 2.94. The molecule has 0 amide bonds. The molecular formula is C15H11N5O8.